The van der Waals surface area contributed by atoms with Crippen LogP contribution in [-0.2, 0) is 6.54 Å². The quantitative estimate of drug-likeness (QED) is 0.852. The lowest BCUT2D eigenvalue weighted by atomic mass is 10.3. The monoisotopic (exact) mass is 278 g/mol. The van der Waals surface area contributed by atoms with Crippen LogP contribution in [0.1, 0.15) is 24.1 Å². The summed E-state index contributed by atoms with van der Waals surface area (Å²) in [7, 11) is 0. The fourth-order valence-electron chi connectivity index (χ4n) is 1.49. The third-order valence-corrected chi connectivity index (χ3v) is 4.58. The zero-order valence-corrected chi connectivity index (χ0v) is 11.7. The average molecular weight is 278 g/mol. The second-order valence-corrected chi connectivity index (χ2v) is 6.46. The molecule has 1 saturated carbocycles. The Morgan fingerprint density at radius 1 is 1.39 bits per heavy atom. The summed E-state index contributed by atoms with van der Waals surface area (Å²) in [6, 6.07) is 0.720. The predicted molar refractivity (Wildman–Crippen MR) is 72.9 cm³/mol. The molecule has 0 amide bonds. The van der Waals surface area contributed by atoms with Crippen LogP contribution in [0.3, 0.4) is 0 Å². The SMILES string of the molecule is Cc1csc(Sc2ncc(CNC3CC3)cn2)n1. The van der Waals surface area contributed by atoms with Gasteiger partial charge in [0, 0.05) is 41.6 Å². The Labute approximate surface area is 114 Å². The van der Waals surface area contributed by atoms with Crippen molar-refractivity contribution < 1.29 is 0 Å². The summed E-state index contributed by atoms with van der Waals surface area (Å²) in [5.74, 6) is 0. The molecule has 4 nitrogen and oxygen atoms in total. The second kappa shape index (κ2) is 5.34. The molecule has 2 heterocycles. The first-order valence-electron chi connectivity index (χ1n) is 5.94. The molecule has 2 aromatic heterocycles. The smallest absolute Gasteiger partial charge is 0.194 e. The molecule has 2 aromatic rings. The molecular weight excluding hydrogens is 264 g/mol. The maximum atomic E-state index is 4.39. The van der Waals surface area contributed by atoms with Gasteiger partial charge in [0.05, 0.1) is 0 Å². The van der Waals surface area contributed by atoms with Crippen molar-refractivity contribution in [2.24, 2.45) is 0 Å². The number of thiazole rings is 1. The summed E-state index contributed by atoms with van der Waals surface area (Å²) in [6.45, 7) is 2.86. The molecule has 1 aliphatic rings. The molecular formula is C12H14N4S2. The minimum atomic E-state index is 0.720. The van der Waals surface area contributed by atoms with Crippen molar-refractivity contribution in [3.63, 3.8) is 0 Å². The maximum absolute atomic E-state index is 4.39. The van der Waals surface area contributed by atoms with Crippen molar-refractivity contribution in [3.8, 4) is 0 Å². The van der Waals surface area contributed by atoms with Crippen molar-refractivity contribution >= 4 is 23.1 Å². The summed E-state index contributed by atoms with van der Waals surface area (Å²) in [6.07, 6.45) is 6.40. The van der Waals surface area contributed by atoms with Gasteiger partial charge in [0.2, 0.25) is 0 Å². The van der Waals surface area contributed by atoms with E-state index in [1.54, 1.807) is 11.3 Å². The largest absolute Gasteiger partial charge is 0.310 e. The van der Waals surface area contributed by atoms with Crippen molar-refractivity contribution in [3.05, 3.63) is 29.0 Å². The van der Waals surface area contributed by atoms with Crippen LogP contribution in [0.2, 0.25) is 0 Å². The van der Waals surface area contributed by atoms with Crippen LogP contribution >= 0.6 is 23.1 Å². The fraction of sp³-hybridized carbons (Fsp3) is 0.417. The maximum Gasteiger partial charge on any atom is 0.194 e. The lowest BCUT2D eigenvalue weighted by Crippen LogP contribution is -2.15. The highest BCUT2D eigenvalue weighted by Crippen LogP contribution is 2.27. The summed E-state index contributed by atoms with van der Waals surface area (Å²) >= 11 is 3.15. The molecule has 1 fully saturated rings. The normalized spacial score (nSPS) is 14.9. The topological polar surface area (TPSA) is 50.7 Å². The van der Waals surface area contributed by atoms with E-state index in [-0.39, 0.29) is 0 Å². The minimum Gasteiger partial charge on any atom is -0.310 e. The summed E-state index contributed by atoms with van der Waals surface area (Å²) in [5.41, 5.74) is 2.19. The number of aryl methyl sites for hydroxylation is 1. The Morgan fingerprint density at radius 3 is 2.78 bits per heavy atom. The molecule has 3 rings (SSSR count). The Hall–Kier alpha value is -0.980. The van der Waals surface area contributed by atoms with Gasteiger partial charge in [-0.15, -0.1) is 11.3 Å². The Morgan fingerprint density at radius 2 is 2.17 bits per heavy atom. The minimum absolute atomic E-state index is 0.720. The number of hydrogen-bond acceptors (Lipinski definition) is 6. The molecule has 0 saturated heterocycles. The molecule has 1 N–H and O–H groups in total. The van der Waals surface area contributed by atoms with Gasteiger partial charge >= 0.3 is 0 Å². The molecule has 94 valence electrons. The number of hydrogen-bond donors (Lipinski definition) is 1. The zero-order valence-electron chi connectivity index (χ0n) is 10.1. The molecule has 6 heteroatoms. The van der Waals surface area contributed by atoms with E-state index in [1.807, 2.05) is 24.7 Å². The van der Waals surface area contributed by atoms with Crippen molar-refractivity contribution in [2.45, 2.75) is 41.8 Å². The molecule has 0 unspecified atom stereocenters. The Balaban J connectivity index is 1.59. The van der Waals surface area contributed by atoms with Gasteiger partial charge in [-0.05, 0) is 31.5 Å². The fourth-order valence-corrected chi connectivity index (χ4v) is 3.13. The summed E-state index contributed by atoms with van der Waals surface area (Å²) in [4.78, 5) is 13.1. The van der Waals surface area contributed by atoms with Gasteiger partial charge in [0.25, 0.3) is 0 Å². The van der Waals surface area contributed by atoms with E-state index in [0.29, 0.717) is 0 Å². The lowest BCUT2D eigenvalue weighted by molar-refractivity contribution is 0.680. The van der Waals surface area contributed by atoms with E-state index in [0.717, 1.165) is 33.3 Å². The second-order valence-electron chi connectivity index (χ2n) is 4.39. The number of nitrogens with zero attached hydrogens (tertiary/aromatic N) is 3. The molecule has 0 radical (unpaired) electrons. The van der Waals surface area contributed by atoms with Gasteiger partial charge in [-0.25, -0.2) is 15.0 Å². The lowest BCUT2D eigenvalue weighted by Gasteiger charge is -2.02. The molecule has 0 bridgehead atoms. The van der Waals surface area contributed by atoms with E-state index in [2.05, 4.69) is 20.3 Å². The number of rotatable bonds is 5. The highest BCUT2D eigenvalue weighted by atomic mass is 32.2. The van der Waals surface area contributed by atoms with E-state index in [4.69, 9.17) is 0 Å². The molecule has 0 atom stereocenters. The van der Waals surface area contributed by atoms with Crippen LogP contribution < -0.4 is 5.32 Å². The highest BCUT2D eigenvalue weighted by Gasteiger charge is 2.19. The highest BCUT2D eigenvalue weighted by molar-refractivity contribution is 8.00. The van der Waals surface area contributed by atoms with Crippen molar-refractivity contribution in [1.82, 2.24) is 20.3 Å². The van der Waals surface area contributed by atoms with Gasteiger partial charge in [0.15, 0.2) is 9.50 Å². The van der Waals surface area contributed by atoms with Gasteiger partial charge in [-0.3, -0.25) is 0 Å². The van der Waals surface area contributed by atoms with Gasteiger partial charge < -0.3 is 5.32 Å². The Kier molecular flexibility index (Phi) is 3.58. The van der Waals surface area contributed by atoms with Gasteiger partial charge in [0.1, 0.15) is 0 Å². The van der Waals surface area contributed by atoms with Gasteiger partial charge in [-0.1, -0.05) is 0 Å². The van der Waals surface area contributed by atoms with Crippen molar-refractivity contribution in [2.75, 3.05) is 0 Å². The van der Waals surface area contributed by atoms with E-state index in [9.17, 15) is 0 Å². The first kappa shape index (κ1) is 12.1. The zero-order chi connectivity index (χ0) is 12.4. The summed E-state index contributed by atoms with van der Waals surface area (Å²) in [5, 5.41) is 6.25. The van der Waals surface area contributed by atoms with Crippen LogP contribution in [-0.4, -0.2) is 21.0 Å². The summed E-state index contributed by atoms with van der Waals surface area (Å²) < 4.78 is 0.997. The average Bonchev–Trinajstić information content (AvgIpc) is 3.12. The molecule has 18 heavy (non-hydrogen) atoms. The predicted octanol–water partition coefficient (Wildman–Crippen LogP) is 2.64. The van der Waals surface area contributed by atoms with E-state index < -0.39 is 0 Å². The van der Waals surface area contributed by atoms with Crippen LogP contribution in [0, 0.1) is 6.92 Å². The first-order valence-corrected chi connectivity index (χ1v) is 7.63. The number of aromatic nitrogens is 3. The van der Waals surface area contributed by atoms with Crippen molar-refractivity contribution in [1.29, 1.82) is 0 Å². The van der Waals surface area contributed by atoms with Gasteiger partial charge in [-0.2, -0.15) is 0 Å². The van der Waals surface area contributed by atoms with Crippen LogP contribution in [0.25, 0.3) is 0 Å². The third kappa shape index (κ3) is 3.28. The molecule has 1 aliphatic carbocycles. The molecule has 0 spiro atoms. The van der Waals surface area contributed by atoms with E-state index >= 15 is 0 Å². The number of nitrogens with one attached hydrogen (secondary N) is 1. The molecule has 0 aliphatic heterocycles. The van der Waals surface area contributed by atoms with Crippen LogP contribution in [0.4, 0.5) is 0 Å². The first-order chi connectivity index (χ1) is 8.79. The third-order valence-electron chi connectivity index (χ3n) is 2.63. The van der Waals surface area contributed by atoms with Crippen LogP contribution in [0.15, 0.2) is 27.3 Å². The van der Waals surface area contributed by atoms with Crippen LogP contribution in [0.5, 0.6) is 0 Å². The standard InChI is InChI=1S/C12H14N4S2/c1-8-7-17-12(16-8)18-11-14-5-9(6-15-11)4-13-10-2-3-10/h5-7,10,13H,2-4H2,1H3. The Bertz CT molecular complexity index is 519. The molecule has 0 aromatic carbocycles. The van der Waals surface area contributed by atoms with E-state index in [1.165, 1.54) is 24.6 Å².